The predicted octanol–water partition coefficient (Wildman–Crippen LogP) is 7.79. The predicted molar refractivity (Wildman–Crippen MR) is 195 cm³/mol. The highest BCUT2D eigenvalue weighted by molar-refractivity contribution is 9.10. The molecule has 2 heterocycles. The lowest BCUT2D eigenvalue weighted by molar-refractivity contribution is -0.144. The molecule has 6 atom stereocenters. The number of imide groups is 2. The number of hydrogen-bond acceptors (Lipinski definition) is 7. The van der Waals surface area contributed by atoms with Crippen LogP contribution < -0.4 is 10.2 Å². The van der Waals surface area contributed by atoms with Crippen molar-refractivity contribution in [3.8, 4) is 11.5 Å². The van der Waals surface area contributed by atoms with E-state index in [4.69, 9.17) is 27.9 Å². The molecule has 0 aromatic heterocycles. The largest absolute Gasteiger partial charge is 0.508 e. The number of methoxy groups -OCH3 is 1. The highest BCUT2D eigenvalue weighted by Crippen LogP contribution is 2.65. The van der Waals surface area contributed by atoms with Gasteiger partial charge in [0.15, 0.2) is 0 Å². The Labute approximate surface area is 314 Å². The van der Waals surface area contributed by atoms with Crippen molar-refractivity contribution in [2.75, 3.05) is 12.5 Å². The highest BCUT2D eigenvalue weighted by atomic mass is 79.9. The molecule has 3 aromatic carbocycles. The van der Waals surface area contributed by atoms with Crippen LogP contribution in [0.25, 0.3) is 0 Å². The van der Waals surface area contributed by atoms with Gasteiger partial charge in [0.2, 0.25) is 11.8 Å². The van der Waals surface area contributed by atoms with E-state index in [0.29, 0.717) is 38.5 Å². The first-order valence-electron chi connectivity index (χ1n) is 17.4. The number of hydrogen-bond donors (Lipinski definition) is 2. The number of phenols is 1. The zero-order chi connectivity index (χ0) is 35.8. The number of fused-ring (bicyclic) bond motifs is 4. The van der Waals surface area contributed by atoms with Gasteiger partial charge >= 0.3 is 0 Å². The van der Waals surface area contributed by atoms with E-state index in [9.17, 15) is 19.5 Å². The Morgan fingerprint density at radius 1 is 0.902 bits per heavy atom. The second-order valence-electron chi connectivity index (χ2n) is 14.3. The summed E-state index contributed by atoms with van der Waals surface area (Å²) >= 11 is 16.3. The summed E-state index contributed by atoms with van der Waals surface area (Å²) in [6.07, 6.45) is 7.08. The lowest BCUT2D eigenvalue weighted by Crippen LogP contribution is -2.53. The number of nitrogens with zero attached hydrogens (tertiary/aromatic N) is 2. The van der Waals surface area contributed by atoms with Gasteiger partial charge in [-0.1, -0.05) is 82.2 Å². The van der Waals surface area contributed by atoms with Crippen LogP contribution >= 0.6 is 39.1 Å². The van der Waals surface area contributed by atoms with Gasteiger partial charge in [0, 0.05) is 27.0 Å². The van der Waals surface area contributed by atoms with E-state index in [1.54, 1.807) is 61.7 Å². The summed E-state index contributed by atoms with van der Waals surface area (Å²) < 4.78 is 6.14. The minimum absolute atomic E-state index is 0.0522. The third-order valence-electron chi connectivity index (χ3n) is 11.9. The third-order valence-corrected chi connectivity index (χ3v) is 12.9. The standard InChI is InChI=1S/C39H36BrCl2N3O6/c1-51-24-11-7-20(8-12-24)39-29(36(48)45(38(39)50)43-31-15-10-22(41)18-30(31)42)19-27-25(34(39)28-17-21(40)9-16-32(28)46)13-14-26-33(27)37(49)44(35(26)47)23-5-3-2-4-6-23/h7-13,15-18,23,26-27,29,33-34,43,46H,2-6,14,19H2,1H3/t26-,27+,29-,33-,34+,39+/m0/s1. The van der Waals surface area contributed by atoms with E-state index >= 15 is 4.79 Å². The normalized spacial score (nSPS) is 29.1. The summed E-state index contributed by atoms with van der Waals surface area (Å²) in [5, 5.41) is 13.2. The Kier molecular flexibility index (Phi) is 8.71. The number of likely N-dealkylation sites (tertiary alicyclic amines) is 1. The number of allylic oxidation sites excluding steroid dienone is 2. The van der Waals surface area contributed by atoms with E-state index in [-0.39, 0.29) is 35.0 Å². The van der Waals surface area contributed by atoms with Gasteiger partial charge in [0.05, 0.1) is 41.0 Å². The number of ether oxygens (including phenoxy) is 1. The average Bonchev–Trinajstić information content (AvgIpc) is 3.51. The van der Waals surface area contributed by atoms with Gasteiger partial charge in [0.25, 0.3) is 11.8 Å². The fraction of sp³-hybridized carbons (Fsp3) is 0.385. The van der Waals surface area contributed by atoms with E-state index in [0.717, 1.165) is 42.7 Å². The summed E-state index contributed by atoms with van der Waals surface area (Å²) in [5.41, 5.74) is 3.52. The van der Waals surface area contributed by atoms with E-state index in [2.05, 4.69) is 21.4 Å². The molecule has 0 spiro atoms. The van der Waals surface area contributed by atoms with Crippen LogP contribution in [0.4, 0.5) is 5.69 Å². The Morgan fingerprint density at radius 3 is 2.35 bits per heavy atom. The lowest BCUT2D eigenvalue weighted by Gasteiger charge is -2.50. The van der Waals surface area contributed by atoms with Gasteiger partial charge in [0.1, 0.15) is 11.5 Å². The van der Waals surface area contributed by atoms with Crippen molar-refractivity contribution in [2.45, 2.75) is 62.3 Å². The molecule has 4 amide bonds. The van der Waals surface area contributed by atoms with Crippen molar-refractivity contribution in [1.29, 1.82) is 0 Å². The van der Waals surface area contributed by atoms with E-state index in [1.165, 1.54) is 11.0 Å². The molecule has 9 nitrogen and oxygen atoms in total. The maximum atomic E-state index is 15.4. The average molecular weight is 794 g/mol. The number of nitrogens with one attached hydrogen (secondary N) is 1. The molecule has 8 rings (SSSR count). The molecule has 0 bridgehead atoms. The molecule has 4 fully saturated rings. The van der Waals surface area contributed by atoms with Crippen molar-refractivity contribution in [3.05, 3.63) is 98.0 Å². The molecule has 2 saturated carbocycles. The number of aromatic hydroxyl groups is 1. The molecule has 12 heteroatoms. The maximum Gasteiger partial charge on any atom is 0.260 e. The van der Waals surface area contributed by atoms with E-state index < -0.39 is 46.8 Å². The SMILES string of the molecule is COc1ccc([C@@]23C(=O)N(Nc4ccc(Cl)cc4Cl)C(=O)[C@@H]2C[C@@H]2C(=CC[C@@H]4C(=O)N(C5CCCCC5)C(=O)[C@@H]42)[C@@H]3c2cc(Br)ccc2O)cc1. The number of anilines is 1. The molecule has 3 aliphatic carbocycles. The summed E-state index contributed by atoms with van der Waals surface area (Å²) in [6.45, 7) is 0. The van der Waals surface area contributed by atoms with Gasteiger partial charge in [-0.05, 0) is 85.7 Å². The van der Waals surface area contributed by atoms with E-state index in [1.807, 2.05) is 6.08 Å². The summed E-state index contributed by atoms with van der Waals surface area (Å²) in [7, 11) is 1.55. The van der Waals surface area contributed by atoms with Crippen LogP contribution in [0.15, 0.2) is 76.8 Å². The van der Waals surface area contributed by atoms with Gasteiger partial charge < -0.3 is 9.84 Å². The summed E-state index contributed by atoms with van der Waals surface area (Å²) in [4.78, 5) is 60.3. The molecule has 0 radical (unpaired) electrons. The maximum absolute atomic E-state index is 15.4. The van der Waals surface area contributed by atoms with Gasteiger partial charge in [-0.2, -0.15) is 5.01 Å². The topological polar surface area (TPSA) is 116 Å². The summed E-state index contributed by atoms with van der Waals surface area (Å²) in [5.74, 6) is -4.45. The Bertz CT molecular complexity index is 2000. The van der Waals surface area contributed by atoms with Crippen LogP contribution in [-0.4, -0.2) is 51.8 Å². The van der Waals surface area contributed by atoms with Crippen LogP contribution in [0.2, 0.25) is 10.0 Å². The number of benzene rings is 3. The molecule has 2 saturated heterocycles. The number of carbonyl (C=O) groups is 4. The molecule has 264 valence electrons. The van der Waals surface area contributed by atoms with Gasteiger partial charge in [-0.25, -0.2) is 0 Å². The first-order valence-corrected chi connectivity index (χ1v) is 18.9. The monoisotopic (exact) mass is 791 g/mol. The molecule has 2 N–H and O–H groups in total. The van der Waals surface area contributed by atoms with Crippen molar-refractivity contribution >= 4 is 68.4 Å². The quantitative estimate of drug-likeness (QED) is 0.194. The molecule has 3 aromatic rings. The minimum atomic E-state index is -1.56. The van der Waals surface area contributed by atoms with Crippen molar-refractivity contribution < 1.29 is 29.0 Å². The molecular weight excluding hydrogens is 757 g/mol. The number of hydrazine groups is 1. The second kappa shape index (κ2) is 13.0. The molecule has 5 aliphatic rings. The van der Waals surface area contributed by atoms with Gasteiger partial charge in [-0.3, -0.25) is 29.5 Å². The highest BCUT2D eigenvalue weighted by Gasteiger charge is 2.70. The molecule has 0 unspecified atom stereocenters. The summed E-state index contributed by atoms with van der Waals surface area (Å²) in [6, 6.07) is 16.7. The lowest BCUT2D eigenvalue weighted by atomic mass is 9.49. The smallest absolute Gasteiger partial charge is 0.260 e. The third kappa shape index (κ3) is 5.23. The number of halogens is 3. The fourth-order valence-electron chi connectivity index (χ4n) is 9.67. The van der Waals surface area contributed by atoms with Crippen LogP contribution in [0.5, 0.6) is 11.5 Å². The van der Waals surface area contributed by atoms with Crippen LogP contribution in [-0.2, 0) is 24.6 Å². The number of carbonyl (C=O) groups excluding carboxylic acids is 4. The van der Waals surface area contributed by atoms with Crippen LogP contribution in [0.3, 0.4) is 0 Å². The number of phenolic OH excluding ortho intramolecular Hbond substituents is 1. The van der Waals surface area contributed by atoms with Crippen molar-refractivity contribution in [2.24, 2.45) is 23.7 Å². The van der Waals surface area contributed by atoms with Crippen molar-refractivity contribution in [3.63, 3.8) is 0 Å². The Hall–Kier alpha value is -3.86. The van der Waals surface area contributed by atoms with Gasteiger partial charge in [-0.15, -0.1) is 0 Å². The zero-order valence-electron chi connectivity index (χ0n) is 27.8. The minimum Gasteiger partial charge on any atom is -0.508 e. The molecule has 2 aliphatic heterocycles. The fourth-order valence-corrected chi connectivity index (χ4v) is 10.5. The zero-order valence-corrected chi connectivity index (χ0v) is 30.9. The number of rotatable bonds is 6. The second-order valence-corrected chi connectivity index (χ2v) is 16.0. The molecule has 51 heavy (non-hydrogen) atoms. The van der Waals surface area contributed by atoms with Crippen LogP contribution in [0, 0.1) is 23.7 Å². The first kappa shape index (κ1) is 34.2. The molecular formula is C39H36BrCl2N3O6. The Balaban J connectivity index is 1.33. The van der Waals surface area contributed by atoms with Crippen LogP contribution in [0.1, 0.15) is 62.0 Å². The van der Waals surface area contributed by atoms with Crippen molar-refractivity contribution in [1.82, 2.24) is 9.91 Å². The Morgan fingerprint density at radius 2 is 1.65 bits per heavy atom. The number of amides is 4. The first-order chi connectivity index (χ1) is 24.6.